The van der Waals surface area contributed by atoms with E-state index in [1.165, 1.54) is 18.5 Å². The smallest absolute Gasteiger partial charge is 0.416 e. The van der Waals surface area contributed by atoms with E-state index in [0.29, 0.717) is 47.5 Å². The lowest BCUT2D eigenvalue weighted by molar-refractivity contribution is -0.137. The van der Waals surface area contributed by atoms with Crippen LogP contribution in [0.5, 0.6) is 0 Å². The molecule has 4 N–H and O–H groups in total. The Balaban J connectivity index is 1.34. The first kappa shape index (κ1) is 28.6. The lowest BCUT2D eigenvalue weighted by Gasteiger charge is -2.24. The highest BCUT2D eigenvalue weighted by Gasteiger charge is 2.33. The Hall–Kier alpha value is -4.88. The standard InChI is InChI=1S/C28H29F3N8O3/c1-27(2,3)42-26(41)38-12-11-20(14-38)39-24-21(23(32)33-15-34-24)22(37-39)16-7-9-18(10-8-16)35-25(40)36-19-6-4-5-17(13-19)28(29,30)31/h4-10,13,15,20H,11-12,14H2,1-3H3,(H2,32,33,34)(H2,35,36,40). The van der Waals surface area contributed by atoms with Crippen molar-refractivity contribution in [3.05, 3.63) is 60.4 Å². The fourth-order valence-electron chi connectivity index (χ4n) is 4.66. The number of anilines is 3. The third-order valence-electron chi connectivity index (χ3n) is 6.54. The first-order valence-electron chi connectivity index (χ1n) is 13.1. The molecule has 1 atom stereocenters. The van der Waals surface area contributed by atoms with Crippen molar-refractivity contribution >= 4 is 40.4 Å². The molecular formula is C28H29F3N8O3. The summed E-state index contributed by atoms with van der Waals surface area (Å²) < 4.78 is 46.2. The molecule has 1 aliphatic heterocycles. The molecule has 42 heavy (non-hydrogen) atoms. The van der Waals surface area contributed by atoms with Gasteiger partial charge in [0.25, 0.3) is 0 Å². The predicted molar refractivity (Wildman–Crippen MR) is 151 cm³/mol. The Morgan fingerprint density at radius 1 is 1.02 bits per heavy atom. The summed E-state index contributed by atoms with van der Waals surface area (Å²) in [7, 11) is 0. The Kier molecular flexibility index (Phi) is 7.39. The minimum Gasteiger partial charge on any atom is -0.444 e. The molecule has 3 heterocycles. The van der Waals surface area contributed by atoms with E-state index in [2.05, 4.69) is 20.6 Å². The Morgan fingerprint density at radius 3 is 2.43 bits per heavy atom. The molecule has 2 aromatic heterocycles. The minimum absolute atomic E-state index is 0.00331. The zero-order valence-corrected chi connectivity index (χ0v) is 23.1. The monoisotopic (exact) mass is 582 g/mol. The average molecular weight is 583 g/mol. The van der Waals surface area contributed by atoms with Crippen LogP contribution in [0.15, 0.2) is 54.9 Å². The molecule has 14 heteroatoms. The van der Waals surface area contributed by atoms with Gasteiger partial charge in [0.1, 0.15) is 23.4 Å². The second-order valence-electron chi connectivity index (χ2n) is 10.9. The molecule has 0 spiro atoms. The van der Waals surface area contributed by atoms with Crippen molar-refractivity contribution in [3.63, 3.8) is 0 Å². The zero-order valence-electron chi connectivity index (χ0n) is 23.1. The summed E-state index contributed by atoms with van der Waals surface area (Å²) >= 11 is 0. The normalized spacial score (nSPS) is 15.6. The van der Waals surface area contributed by atoms with Crippen LogP contribution in [0.3, 0.4) is 0 Å². The molecule has 5 rings (SSSR count). The number of fused-ring (bicyclic) bond motifs is 1. The number of nitrogens with zero attached hydrogens (tertiary/aromatic N) is 5. The van der Waals surface area contributed by atoms with Crippen LogP contribution in [0.25, 0.3) is 22.3 Å². The topological polar surface area (TPSA) is 140 Å². The van der Waals surface area contributed by atoms with Crippen LogP contribution < -0.4 is 16.4 Å². The van der Waals surface area contributed by atoms with Crippen LogP contribution in [0.1, 0.15) is 38.8 Å². The first-order chi connectivity index (χ1) is 19.8. The molecule has 4 aromatic rings. The van der Waals surface area contributed by atoms with Gasteiger partial charge in [-0.3, -0.25) is 0 Å². The number of nitrogens with two attached hydrogens (primary N) is 1. The summed E-state index contributed by atoms with van der Waals surface area (Å²) in [6, 6.07) is 10.2. The van der Waals surface area contributed by atoms with Gasteiger partial charge < -0.3 is 26.0 Å². The van der Waals surface area contributed by atoms with E-state index < -0.39 is 29.5 Å². The number of rotatable bonds is 4. The Morgan fingerprint density at radius 2 is 1.74 bits per heavy atom. The lowest BCUT2D eigenvalue weighted by Crippen LogP contribution is -2.35. The molecule has 0 bridgehead atoms. The molecule has 1 saturated heterocycles. The number of carbonyl (C=O) groups is 2. The lowest BCUT2D eigenvalue weighted by atomic mass is 10.1. The summed E-state index contributed by atoms with van der Waals surface area (Å²) in [6.45, 7) is 6.33. The number of hydrogen-bond donors (Lipinski definition) is 3. The summed E-state index contributed by atoms with van der Waals surface area (Å²) in [6.07, 6.45) is -2.92. The van der Waals surface area contributed by atoms with Crippen molar-refractivity contribution in [2.75, 3.05) is 29.5 Å². The van der Waals surface area contributed by atoms with Gasteiger partial charge >= 0.3 is 18.3 Å². The SMILES string of the molecule is CC(C)(C)OC(=O)N1CCC(n2nc(-c3ccc(NC(=O)Nc4cccc(C(F)(F)F)c4)cc3)c3c(N)ncnc32)C1. The quantitative estimate of drug-likeness (QED) is 0.271. The van der Waals surface area contributed by atoms with Crippen LogP contribution in [0.2, 0.25) is 0 Å². The number of urea groups is 1. The molecular weight excluding hydrogens is 553 g/mol. The number of likely N-dealkylation sites (tertiary alicyclic amines) is 1. The van der Waals surface area contributed by atoms with Gasteiger partial charge in [-0.25, -0.2) is 24.2 Å². The highest BCUT2D eigenvalue weighted by Crippen LogP contribution is 2.35. The highest BCUT2D eigenvalue weighted by atomic mass is 19.4. The second-order valence-corrected chi connectivity index (χ2v) is 10.9. The number of aromatic nitrogens is 4. The number of benzene rings is 2. The van der Waals surface area contributed by atoms with Gasteiger partial charge in [0.05, 0.1) is 17.0 Å². The Labute approximate surface area is 238 Å². The summed E-state index contributed by atoms with van der Waals surface area (Å²) in [5.41, 5.74) is 6.89. The van der Waals surface area contributed by atoms with Crippen molar-refractivity contribution in [2.45, 2.75) is 45.0 Å². The van der Waals surface area contributed by atoms with Crippen LogP contribution in [0.4, 0.5) is 40.0 Å². The number of nitrogens with one attached hydrogen (secondary N) is 2. The van der Waals surface area contributed by atoms with Gasteiger partial charge in [-0.15, -0.1) is 0 Å². The van der Waals surface area contributed by atoms with Crippen LogP contribution in [0, 0.1) is 0 Å². The number of amides is 3. The fourth-order valence-corrected chi connectivity index (χ4v) is 4.66. The van der Waals surface area contributed by atoms with Gasteiger partial charge in [-0.1, -0.05) is 18.2 Å². The van der Waals surface area contributed by atoms with E-state index >= 15 is 0 Å². The van der Waals surface area contributed by atoms with Crippen LogP contribution >= 0.6 is 0 Å². The maximum atomic E-state index is 13.0. The average Bonchev–Trinajstić information content (AvgIpc) is 3.54. The number of halogens is 3. The molecule has 1 fully saturated rings. The van der Waals surface area contributed by atoms with Gasteiger partial charge in [0, 0.05) is 30.0 Å². The maximum Gasteiger partial charge on any atom is 0.416 e. The van der Waals surface area contributed by atoms with Crippen molar-refractivity contribution in [3.8, 4) is 11.3 Å². The largest absolute Gasteiger partial charge is 0.444 e. The van der Waals surface area contributed by atoms with E-state index in [0.717, 1.165) is 12.1 Å². The summed E-state index contributed by atoms with van der Waals surface area (Å²) in [5, 5.41) is 10.4. The second kappa shape index (κ2) is 10.8. The molecule has 1 aliphatic rings. The maximum absolute atomic E-state index is 13.0. The molecule has 0 aliphatic carbocycles. The molecule has 0 saturated carbocycles. The van der Waals surface area contributed by atoms with Gasteiger partial charge in [0.2, 0.25) is 0 Å². The van der Waals surface area contributed by atoms with E-state index in [1.54, 1.807) is 33.8 Å². The molecule has 2 aromatic carbocycles. The van der Waals surface area contributed by atoms with Gasteiger partial charge in [0.15, 0.2) is 5.65 Å². The minimum atomic E-state index is -4.52. The van der Waals surface area contributed by atoms with Gasteiger partial charge in [-0.2, -0.15) is 18.3 Å². The number of carbonyl (C=O) groups excluding carboxylic acids is 2. The third kappa shape index (κ3) is 6.21. The van der Waals surface area contributed by atoms with E-state index in [-0.39, 0.29) is 17.5 Å². The van der Waals surface area contributed by atoms with Crippen molar-refractivity contribution in [1.29, 1.82) is 0 Å². The predicted octanol–water partition coefficient (Wildman–Crippen LogP) is 5.92. The van der Waals surface area contributed by atoms with Crippen LogP contribution in [-0.4, -0.2) is 55.5 Å². The first-order valence-corrected chi connectivity index (χ1v) is 13.1. The molecule has 11 nitrogen and oxygen atoms in total. The highest BCUT2D eigenvalue weighted by molar-refractivity contribution is 6.01. The van der Waals surface area contributed by atoms with Crippen molar-refractivity contribution in [2.24, 2.45) is 0 Å². The fraction of sp³-hybridized carbons (Fsp3) is 0.321. The number of nitrogen functional groups attached to an aromatic ring is 1. The van der Waals surface area contributed by atoms with E-state index in [9.17, 15) is 22.8 Å². The summed E-state index contributed by atoms with van der Waals surface area (Å²) in [5.74, 6) is 0.242. The van der Waals surface area contributed by atoms with Gasteiger partial charge in [-0.05, 0) is 57.5 Å². The van der Waals surface area contributed by atoms with E-state index in [4.69, 9.17) is 15.6 Å². The summed E-state index contributed by atoms with van der Waals surface area (Å²) in [4.78, 5) is 35.2. The molecule has 3 amide bonds. The Bertz CT molecular complexity index is 1630. The van der Waals surface area contributed by atoms with Crippen LogP contribution in [-0.2, 0) is 10.9 Å². The van der Waals surface area contributed by atoms with Crippen molar-refractivity contribution < 1.29 is 27.5 Å². The molecule has 0 radical (unpaired) electrons. The number of hydrogen-bond acceptors (Lipinski definition) is 7. The van der Waals surface area contributed by atoms with Crippen molar-refractivity contribution in [1.82, 2.24) is 24.6 Å². The zero-order chi connectivity index (χ0) is 30.2. The molecule has 220 valence electrons. The number of alkyl halides is 3. The molecule has 1 unspecified atom stereocenters. The van der Waals surface area contributed by atoms with E-state index in [1.807, 2.05) is 20.8 Å². The third-order valence-corrected chi connectivity index (χ3v) is 6.54. The number of ether oxygens (including phenoxy) is 1.